The number of nitrogens with zero attached hydrogens (tertiary/aromatic N) is 5. The molecule has 8 heteroatoms. The molecule has 0 spiro atoms. The van der Waals surface area contributed by atoms with Gasteiger partial charge in [-0.05, 0) is 45.8 Å². The van der Waals surface area contributed by atoms with E-state index in [4.69, 9.17) is 9.52 Å². The van der Waals surface area contributed by atoms with Crippen molar-refractivity contribution in [3.8, 4) is 0 Å². The maximum Gasteiger partial charge on any atom is 0.194 e. The minimum atomic E-state index is 0. The molecule has 0 unspecified atom stereocenters. The molecule has 1 fully saturated rings. The Morgan fingerprint density at radius 2 is 1.86 bits per heavy atom. The van der Waals surface area contributed by atoms with Gasteiger partial charge in [-0.25, -0.2) is 0 Å². The molecule has 1 N–H and O–H groups in total. The number of nitrogens with one attached hydrogen (secondary N) is 1. The lowest BCUT2D eigenvalue weighted by Gasteiger charge is -2.36. The van der Waals surface area contributed by atoms with E-state index in [0.29, 0.717) is 0 Å². The van der Waals surface area contributed by atoms with Crippen molar-refractivity contribution in [3.63, 3.8) is 0 Å². The van der Waals surface area contributed by atoms with Crippen LogP contribution in [-0.4, -0.2) is 84.7 Å². The van der Waals surface area contributed by atoms with Gasteiger partial charge in [0.15, 0.2) is 5.96 Å². The number of hydrogen-bond acceptors (Lipinski definition) is 5. The molecule has 2 heterocycles. The molecule has 1 saturated heterocycles. The molecular formula is C20H39IN6O. The molecule has 1 aliphatic rings. The van der Waals surface area contributed by atoms with E-state index in [1.807, 2.05) is 6.07 Å². The van der Waals surface area contributed by atoms with E-state index in [1.54, 1.807) is 6.26 Å². The standard InChI is InChI=1S/C20H38N6O.HI/c1-4-10-24(11-5-2)12-7-9-22-20(21-6-3)26-15-13-25(14-16-26)18-19-8-17-27-23-19;/h8,17H,4-7,9-16,18H2,1-3H3,(H,21,22);1H. The molecule has 1 aromatic rings. The summed E-state index contributed by atoms with van der Waals surface area (Å²) in [5, 5.41) is 7.48. The lowest BCUT2D eigenvalue weighted by Crippen LogP contribution is -2.52. The van der Waals surface area contributed by atoms with Gasteiger partial charge in [0.25, 0.3) is 0 Å². The molecule has 1 aliphatic heterocycles. The van der Waals surface area contributed by atoms with Crippen LogP contribution in [0.4, 0.5) is 0 Å². The van der Waals surface area contributed by atoms with Gasteiger partial charge in [0.05, 0.1) is 5.69 Å². The lowest BCUT2D eigenvalue weighted by molar-refractivity contribution is 0.169. The Hall–Kier alpha value is -0.870. The number of aliphatic imine (C=N–C) groups is 1. The minimum Gasteiger partial charge on any atom is -0.364 e. The number of rotatable bonds is 11. The van der Waals surface area contributed by atoms with E-state index >= 15 is 0 Å². The summed E-state index contributed by atoms with van der Waals surface area (Å²) in [6, 6.07) is 1.94. The lowest BCUT2D eigenvalue weighted by atomic mass is 10.3. The summed E-state index contributed by atoms with van der Waals surface area (Å²) in [5.74, 6) is 1.07. The average molecular weight is 506 g/mol. The highest BCUT2D eigenvalue weighted by Crippen LogP contribution is 2.07. The Labute approximate surface area is 187 Å². The summed E-state index contributed by atoms with van der Waals surface area (Å²) in [6.07, 6.45) is 5.22. The van der Waals surface area contributed by atoms with Crippen LogP contribution in [-0.2, 0) is 6.54 Å². The zero-order valence-electron chi connectivity index (χ0n) is 17.9. The van der Waals surface area contributed by atoms with E-state index in [9.17, 15) is 0 Å². The van der Waals surface area contributed by atoms with Crippen LogP contribution in [0.5, 0.6) is 0 Å². The molecule has 162 valence electrons. The molecule has 1 aromatic heterocycles. The Bertz CT molecular complexity index is 511. The first-order valence-corrected chi connectivity index (χ1v) is 10.6. The SMILES string of the molecule is CCCN(CCC)CCCN=C(NCC)N1CCN(Cc2ccon2)CC1.I. The first-order chi connectivity index (χ1) is 13.3. The monoisotopic (exact) mass is 506 g/mol. The molecule has 0 aliphatic carbocycles. The van der Waals surface area contributed by atoms with Crippen molar-refractivity contribution in [1.29, 1.82) is 0 Å². The van der Waals surface area contributed by atoms with Crippen molar-refractivity contribution in [1.82, 2.24) is 25.2 Å². The first-order valence-electron chi connectivity index (χ1n) is 10.6. The van der Waals surface area contributed by atoms with Crippen LogP contribution in [0.15, 0.2) is 21.8 Å². The number of hydrogen-bond donors (Lipinski definition) is 1. The van der Waals surface area contributed by atoms with Gasteiger partial charge in [0.2, 0.25) is 0 Å². The van der Waals surface area contributed by atoms with E-state index in [2.05, 4.69) is 45.9 Å². The summed E-state index contributed by atoms with van der Waals surface area (Å²) in [4.78, 5) is 12.3. The fourth-order valence-electron chi connectivity index (χ4n) is 3.54. The molecule has 2 rings (SSSR count). The Balaban J connectivity index is 0.00000392. The van der Waals surface area contributed by atoms with Gasteiger partial charge in [0.1, 0.15) is 6.26 Å². The highest BCUT2D eigenvalue weighted by atomic mass is 127. The third-order valence-electron chi connectivity index (χ3n) is 4.86. The van der Waals surface area contributed by atoms with Gasteiger partial charge in [-0.2, -0.15) is 0 Å². The quantitative estimate of drug-likeness (QED) is 0.216. The zero-order chi connectivity index (χ0) is 19.3. The molecule has 0 bridgehead atoms. The van der Waals surface area contributed by atoms with Gasteiger partial charge >= 0.3 is 0 Å². The zero-order valence-corrected chi connectivity index (χ0v) is 20.2. The number of aromatic nitrogens is 1. The third kappa shape index (κ3) is 9.09. The smallest absolute Gasteiger partial charge is 0.194 e. The van der Waals surface area contributed by atoms with E-state index < -0.39 is 0 Å². The topological polar surface area (TPSA) is 60.1 Å². The fourth-order valence-corrected chi connectivity index (χ4v) is 3.54. The summed E-state index contributed by atoms with van der Waals surface area (Å²) < 4.78 is 4.93. The van der Waals surface area contributed by atoms with Crippen molar-refractivity contribution in [2.45, 2.75) is 46.6 Å². The second-order valence-electron chi connectivity index (χ2n) is 7.18. The molecule has 0 atom stereocenters. The van der Waals surface area contributed by atoms with Gasteiger partial charge in [0, 0.05) is 51.9 Å². The molecule has 0 saturated carbocycles. The largest absolute Gasteiger partial charge is 0.364 e. The van der Waals surface area contributed by atoms with Crippen LogP contribution in [0.1, 0.15) is 45.7 Å². The molecule has 0 amide bonds. The average Bonchev–Trinajstić information content (AvgIpc) is 3.18. The van der Waals surface area contributed by atoms with Crippen LogP contribution < -0.4 is 5.32 Å². The predicted molar refractivity (Wildman–Crippen MR) is 126 cm³/mol. The van der Waals surface area contributed by atoms with Crippen LogP contribution in [0, 0.1) is 0 Å². The van der Waals surface area contributed by atoms with E-state index in [-0.39, 0.29) is 24.0 Å². The van der Waals surface area contributed by atoms with Crippen LogP contribution >= 0.6 is 24.0 Å². The highest BCUT2D eigenvalue weighted by Gasteiger charge is 2.20. The maximum absolute atomic E-state index is 4.93. The Morgan fingerprint density at radius 1 is 1.14 bits per heavy atom. The number of piperazine rings is 1. The van der Waals surface area contributed by atoms with Crippen molar-refractivity contribution in [3.05, 3.63) is 18.0 Å². The van der Waals surface area contributed by atoms with Crippen LogP contribution in [0.3, 0.4) is 0 Å². The summed E-state index contributed by atoms with van der Waals surface area (Å²) in [5.41, 5.74) is 1.01. The summed E-state index contributed by atoms with van der Waals surface area (Å²) in [6.45, 7) is 16.9. The maximum atomic E-state index is 4.93. The molecule has 0 radical (unpaired) electrons. The molecular weight excluding hydrogens is 467 g/mol. The highest BCUT2D eigenvalue weighted by molar-refractivity contribution is 14.0. The van der Waals surface area contributed by atoms with Crippen LogP contribution in [0.2, 0.25) is 0 Å². The molecule has 7 nitrogen and oxygen atoms in total. The number of halogens is 1. The second-order valence-corrected chi connectivity index (χ2v) is 7.18. The van der Waals surface area contributed by atoms with E-state index in [0.717, 1.165) is 70.4 Å². The van der Waals surface area contributed by atoms with Gasteiger partial charge in [-0.15, -0.1) is 24.0 Å². The second kappa shape index (κ2) is 15.0. The number of guanidine groups is 1. The van der Waals surface area contributed by atoms with E-state index in [1.165, 1.54) is 25.9 Å². The van der Waals surface area contributed by atoms with Crippen molar-refractivity contribution < 1.29 is 4.52 Å². The minimum absolute atomic E-state index is 0. The Morgan fingerprint density at radius 3 is 2.43 bits per heavy atom. The molecule has 28 heavy (non-hydrogen) atoms. The first kappa shape index (κ1) is 25.2. The van der Waals surface area contributed by atoms with Crippen molar-refractivity contribution >= 4 is 29.9 Å². The fraction of sp³-hybridized carbons (Fsp3) is 0.800. The van der Waals surface area contributed by atoms with Gasteiger partial charge < -0.3 is 19.6 Å². The summed E-state index contributed by atoms with van der Waals surface area (Å²) >= 11 is 0. The summed E-state index contributed by atoms with van der Waals surface area (Å²) in [7, 11) is 0. The van der Waals surface area contributed by atoms with Crippen molar-refractivity contribution in [2.24, 2.45) is 4.99 Å². The third-order valence-corrected chi connectivity index (χ3v) is 4.86. The normalized spacial score (nSPS) is 15.7. The molecule has 0 aromatic carbocycles. The van der Waals surface area contributed by atoms with Gasteiger partial charge in [-0.1, -0.05) is 19.0 Å². The Kier molecular flexibility index (Phi) is 13.5. The van der Waals surface area contributed by atoms with Crippen molar-refractivity contribution in [2.75, 3.05) is 58.9 Å². The predicted octanol–water partition coefficient (Wildman–Crippen LogP) is 2.89. The van der Waals surface area contributed by atoms with Gasteiger partial charge in [-0.3, -0.25) is 9.89 Å². The van der Waals surface area contributed by atoms with Crippen LogP contribution in [0.25, 0.3) is 0 Å².